The minimum atomic E-state index is -0.580. The number of fused-ring (bicyclic) bond motifs is 1. The third kappa shape index (κ3) is 3.66. The van der Waals surface area contributed by atoms with Crippen molar-refractivity contribution < 1.29 is 9.21 Å². The number of likely N-dealkylation sites (N-methyl/N-ethyl adjacent to an activating group) is 1. The molecule has 0 bridgehead atoms. The second-order valence-corrected chi connectivity index (χ2v) is 6.11. The molecule has 0 saturated carbocycles. The summed E-state index contributed by atoms with van der Waals surface area (Å²) in [5, 5.41) is 2.89. The molecule has 1 unspecified atom stereocenters. The molecule has 9 nitrogen and oxygen atoms in total. The number of para-hydroxylation sites is 1. The van der Waals surface area contributed by atoms with Crippen LogP contribution in [0.4, 0.5) is 5.82 Å². The van der Waals surface area contributed by atoms with E-state index in [4.69, 9.17) is 4.42 Å². The smallest absolute Gasteiger partial charge is 0.327 e. The van der Waals surface area contributed by atoms with Gasteiger partial charge in [0.1, 0.15) is 11.3 Å². The van der Waals surface area contributed by atoms with Gasteiger partial charge < -0.3 is 14.6 Å². The zero-order valence-electron chi connectivity index (χ0n) is 14.6. The van der Waals surface area contributed by atoms with Crippen LogP contribution in [-0.4, -0.2) is 40.5 Å². The van der Waals surface area contributed by atoms with E-state index in [1.54, 1.807) is 37.1 Å². The largest absolute Gasteiger partial charge is 0.441 e. The summed E-state index contributed by atoms with van der Waals surface area (Å²) in [4.78, 5) is 45.9. The number of anilines is 1. The molecule has 0 saturated heterocycles. The van der Waals surface area contributed by atoms with E-state index < -0.39 is 11.2 Å². The number of aryl methyl sites for hydroxylation is 1. The van der Waals surface area contributed by atoms with E-state index in [1.807, 2.05) is 6.92 Å². The van der Waals surface area contributed by atoms with Crippen molar-refractivity contribution in [2.24, 2.45) is 0 Å². The highest BCUT2D eigenvalue weighted by Gasteiger charge is 2.17. The Labute approximate surface area is 148 Å². The van der Waals surface area contributed by atoms with Gasteiger partial charge in [-0.05, 0) is 19.1 Å². The number of H-pyrrole nitrogens is 2. The van der Waals surface area contributed by atoms with Crippen molar-refractivity contribution in [3.05, 3.63) is 56.6 Å². The number of hydrogen-bond donors (Lipinski definition) is 3. The highest BCUT2D eigenvalue weighted by atomic mass is 16.3. The lowest BCUT2D eigenvalue weighted by molar-refractivity contribution is 0.0942. The van der Waals surface area contributed by atoms with Gasteiger partial charge in [-0.25, -0.2) is 9.78 Å². The van der Waals surface area contributed by atoms with Gasteiger partial charge in [-0.15, -0.1) is 0 Å². The third-order valence-corrected chi connectivity index (χ3v) is 3.85. The number of nitrogens with one attached hydrogen (secondary N) is 3. The van der Waals surface area contributed by atoms with Crippen LogP contribution in [0.2, 0.25) is 0 Å². The van der Waals surface area contributed by atoms with Gasteiger partial charge in [0.05, 0.1) is 5.56 Å². The maximum atomic E-state index is 12.6. The first-order chi connectivity index (χ1) is 12.3. The Morgan fingerprint density at radius 3 is 2.85 bits per heavy atom. The van der Waals surface area contributed by atoms with Gasteiger partial charge in [0.25, 0.3) is 11.5 Å². The molecule has 3 aromatic rings. The fourth-order valence-electron chi connectivity index (χ4n) is 2.76. The van der Waals surface area contributed by atoms with Crippen LogP contribution in [0, 0.1) is 6.92 Å². The Kier molecular flexibility index (Phi) is 4.61. The second-order valence-electron chi connectivity index (χ2n) is 6.11. The van der Waals surface area contributed by atoms with E-state index in [-0.39, 0.29) is 11.9 Å². The van der Waals surface area contributed by atoms with Crippen molar-refractivity contribution in [1.29, 1.82) is 0 Å². The number of hydrogen-bond acceptors (Lipinski definition) is 6. The average Bonchev–Trinajstić information content (AvgIpc) is 2.93. The fourth-order valence-corrected chi connectivity index (χ4v) is 2.76. The molecular weight excluding hydrogens is 338 g/mol. The van der Waals surface area contributed by atoms with E-state index in [2.05, 4.69) is 20.3 Å². The lowest BCUT2D eigenvalue weighted by Gasteiger charge is -2.23. The number of carbonyl (C=O) groups excluding carboxylic acids is 1. The predicted molar refractivity (Wildman–Crippen MR) is 96.6 cm³/mol. The summed E-state index contributed by atoms with van der Waals surface area (Å²) in [7, 11) is 1.72. The van der Waals surface area contributed by atoms with Crippen LogP contribution >= 0.6 is 0 Å². The molecule has 3 rings (SSSR count). The summed E-state index contributed by atoms with van der Waals surface area (Å²) >= 11 is 0. The monoisotopic (exact) mass is 357 g/mol. The maximum absolute atomic E-state index is 12.6. The first kappa shape index (κ1) is 17.5. The van der Waals surface area contributed by atoms with Gasteiger partial charge in [-0.1, -0.05) is 6.07 Å². The average molecular weight is 357 g/mol. The molecule has 1 atom stereocenters. The van der Waals surface area contributed by atoms with E-state index in [1.165, 1.54) is 6.07 Å². The molecular formula is C17H19N5O4. The molecule has 0 aliphatic heterocycles. The molecule has 0 aliphatic rings. The molecule has 2 aromatic heterocycles. The number of benzene rings is 1. The van der Waals surface area contributed by atoms with Crippen LogP contribution in [0.25, 0.3) is 11.1 Å². The van der Waals surface area contributed by atoms with Crippen molar-refractivity contribution in [1.82, 2.24) is 20.3 Å². The quantitative estimate of drug-likeness (QED) is 0.619. The summed E-state index contributed by atoms with van der Waals surface area (Å²) in [6, 6.07) is 6.21. The zero-order chi connectivity index (χ0) is 18.8. The first-order valence-corrected chi connectivity index (χ1v) is 8.05. The number of aromatic amines is 2. The first-order valence-electron chi connectivity index (χ1n) is 8.05. The van der Waals surface area contributed by atoms with Gasteiger partial charge in [0, 0.05) is 32.6 Å². The fraction of sp³-hybridized carbons (Fsp3) is 0.294. The lowest BCUT2D eigenvalue weighted by atomic mass is 10.1. The third-order valence-electron chi connectivity index (χ3n) is 3.85. The molecule has 0 spiro atoms. The van der Waals surface area contributed by atoms with Crippen molar-refractivity contribution in [3.63, 3.8) is 0 Å². The molecule has 1 aromatic carbocycles. The minimum absolute atomic E-state index is 0.251. The number of amides is 1. The number of carbonyl (C=O) groups is 1. The highest BCUT2D eigenvalue weighted by molar-refractivity contribution is 6.04. The van der Waals surface area contributed by atoms with Crippen LogP contribution < -0.4 is 21.5 Å². The Balaban J connectivity index is 1.72. The minimum Gasteiger partial charge on any atom is -0.441 e. The van der Waals surface area contributed by atoms with Crippen LogP contribution in [0.5, 0.6) is 0 Å². The summed E-state index contributed by atoms with van der Waals surface area (Å²) in [5.74, 6) is 0.588. The van der Waals surface area contributed by atoms with E-state index in [0.717, 1.165) is 0 Å². The molecule has 0 aliphatic carbocycles. The van der Waals surface area contributed by atoms with E-state index in [0.29, 0.717) is 34.9 Å². The molecule has 9 heteroatoms. The van der Waals surface area contributed by atoms with Gasteiger partial charge in [0.15, 0.2) is 11.5 Å². The summed E-state index contributed by atoms with van der Waals surface area (Å²) in [6.45, 7) is 3.94. The van der Waals surface area contributed by atoms with Gasteiger partial charge in [0.2, 0.25) is 0 Å². The predicted octanol–water partition coefficient (Wildman–Crippen LogP) is 0.768. The highest BCUT2D eigenvalue weighted by Crippen LogP contribution is 2.19. The Morgan fingerprint density at radius 2 is 2.12 bits per heavy atom. The SMILES string of the molecule is Cc1nc2c(C(=O)NC(C)CN(C)c3cc(=O)[nH]c(=O)[nH]3)cccc2o1. The Bertz CT molecular complexity index is 1040. The number of aromatic nitrogens is 3. The topological polar surface area (TPSA) is 124 Å². The molecule has 0 fully saturated rings. The van der Waals surface area contributed by atoms with Crippen LogP contribution in [-0.2, 0) is 0 Å². The van der Waals surface area contributed by atoms with Crippen molar-refractivity contribution in [3.8, 4) is 0 Å². The van der Waals surface area contributed by atoms with Gasteiger partial charge in [-0.2, -0.15) is 0 Å². The number of rotatable bonds is 5. The van der Waals surface area contributed by atoms with Gasteiger partial charge in [-0.3, -0.25) is 19.6 Å². The van der Waals surface area contributed by atoms with Crippen molar-refractivity contribution >= 4 is 22.8 Å². The molecule has 0 radical (unpaired) electrons. The van der Waals surface area contributed by atoms with Crippen molar-refractivity contribution in [2.45, 2.75) is 19.9 Å². The number of oxazole rings is 1. The summed E-state index contributed by atoms with van der Waals surface area (Å²) in [5.41, 5.74) is 0.436. The van der Waals surface area contributed by atoms with Gasteiger partial charge >= 0.3 is 5.69 Å². The van der Waals surface area contributed by atoms with E-state index in [9.17, 15) is 14.4 Å². The summed E-state index contributed by atoms with van der Waals surface area (Å²) in [6.07, 6.45) is 0. The Morgan fingerprint density at radius 1 is 1.35 bits per heavy atom. The molecule has 1 amide bonds. The molecule has 136 valence electrons. The molecule has 3 N–H and O–H groups in total. The Hall–Kier alpha value is -3.36. The zero-order valence-corrected chi connectivity index (χ0v) is 14.6. The van der Waals surface area contributed by atoms with Crippen LogP contribution in [0.1, 0.15) is 23.2 Å². The lowest BCUT2D eigenvalue weighted by Crippen LogP contribution is -2.41. The summed E-state index contributed by atoms with van der Waals surface area (Å²) < 4.78 is 5.44. The molecule has 2 heterocycles. The van der Waals surface area contributed by atoms with Crippen molar-refractivity contribution in [2.75, 3.05) is 18.5 Å². The standard InChI is InChI=1S/C17H19N5O4/c1-9(8-22(3)13-7-14(23)21-17(25)20-13)18-16(24)11-5-4-6-12-15(11)19-10(2)26-12/h4-7,9H,8H2,1-3H3,(H,18,24)(H2,20,21,23,25). The van der Waals surface area contributed by atoms with Crippen LogP contribution in [0.15, 0.2) is 38.3 Å². The van der Waals surface area contributed by atoms with E-state index >= 15 is 0 Å². The van der Waals surface area contributed by atoms with Crippen LogP contribution in [0.3, 0.4) is 0 Å². The second kappa shape index (κ2) is 6.87. The number of nitrogens with zero attached hydrogens (tertiary/aromatic N) is 2. The maximum Gasteiger partial charge on any atom is 0.327 e. The molecule has 26 heavy (non-hydrogen) atoms. The normalized spacial score (nSPS) is 12.1.